The third-order valence-electron chi connectivity index (χ3n) is 5.30. The second-order valence-corrected chi connectivity index (χ2v) is 7.92. The standard InChI is InChI=1S/C19H34N4O2/c1-5-7-15-13-19(14-20,10-12-23(15)11-6-2)22-16(24)8-9-18(3,4)17(21)25/h15H,5-13H2,1-4H3,(H2,21,25)(H,22,24). The highest BCUT2D eigenvalue weighted by molar-refractivity contribution is 5.82. The summed E-state index contributed by atoms with van der Waals surface area (Å²) in [5.74, 6) is -0.582. The molecule has 0 aliphatic carbocycles. The maximum atomic E-state index is 12.4. The number of nitrogens with zero attached hydrogens (tertiary/aromatic N) is 2. The van der Waals surface area contributed by atoms with Crippen molar-refractivity contribution in [1.82, 2.24) is 10.2 Å². The zero-order chi connectivity index (χ0) is 19.1. The van der Waals surface area contributed by atoms with Gasteiger partial charge in [-0.25, -0.2) is 0 Å². The average Bonchev–Trinajstić information content (AvgIpc) is 2.56. The van der Waals surface area contributed by atoms with Gasteiger partial charge in [0, 0.05) is 24.4 Å². The van der Waals surface area contributed by atoms with Gasteiger partial charge in [-0.3, -0.25) is 9.59 Å². The highest BCUT2D eigenvalue weighted by Crippen LogP contribution is 2.30. The molecule has 1 heterocycles. The number of primary amides is 1. The fourth-order valence-electron chi connectivity index (χ4n) is 3.47. The highest BCUT2D eigenvalue weighted by Gasteiger charge is 2.40. The Balaban J connectivity index is 2.72. The van der Waals surface area contributed by atoms with Crippen LogP contribution in [-0.2, 0) is 9.59 Å². The van der Waals surface area contributed by atoms with E-state index in [9.17, 15) is 14.9 Å². The molecule has 0 spiro atoms. The normalized spacial score (nSPS) is 24.5. The van der Waals surface area contributed by atoms with Crippen LogP contribution in [0.15, 0.2) is 0 Å². The summed E-state index contributed by atoms with van der Waals surface area (Å²) < 4.78 is 0. The molecule has 0 aromatic rings. The molecular weight excluding hydrogens is 316 g/mol. The number of likely N-dealkylation sites (tertiary alicyclic amines) is 1. The number of carbonyl (C=O) groups excluding carboxylic acids is 2. The first-order chi connectivity index (χ1) is 11.7. The van der Waals surface area contributed by atoms with Gasteiger partial charge in [-0.05, 0) is 38.6 Å². The van der Waals surface area contributed by atoms with Crippen LogP contribution in [0.1, 0.15) is 72.6 Å². The fourth-order valence-corrected chi connectivity index (χ4v) is 3.47. The van der Waals surface area contributed by atoms with Crippen LogP contribution in [0.4, 0.5) is 0 Å². The fraction of sp³-hybridized carbons (Fsp3) is 0.842. The van der Waals surface area contributed by atoms with E-state index in [0.717, 1.165) is 32.4 Å². The van der Waals surface area contributed by atoms with Crippen molar-refractivity contribution < 1.29 is 9.59 Å². The summed E-state index contributed by atoms with van der Waals surface area (Å²) in [4.78, 5) is 26.2. The number of amides is 2. The van der Waals surface area contributed by atoms with Crippen LogP contribution in [0.25, 0.3) is 0 Å². The Bertz CT molecular complexity index is 512. The summed E-state index contributed by atoms with van der Waals surface area (Å²) in [6, 6.07) is 2.70. The number of hydrogen-bond donors (Lipinski definition) is 2. The van der Waals surface area contributed by atoms with Crippen LogP contribution < -0.4 is 11.1 Å². The third kappa shape index (κ3) is 6.00. The molecule has 142 valence electrons. The zero-order valence-corrected chi connectivity index (χ0v) is 16.2. The van der Waals surface area contributed by atoms with Crippen LogP contribution in [0.3, 0.4) is 0 Å². The minimum atomic E-state index is -0.794. The number of rotatable bonds is 9. The molecular formula is C19H34N4O2. The predicted molar refractivity (Wildman–Crippen MR) is 98.5 cm³/mol. The van der Waals surface area contributed by atoms with Crippen molar-refractivity contribution in [2.24, 2.45) is 11.1 Å². The number of nitrogens with one attached hydrogen (secondary N) is 1. The van der Waals surface area contributed by atoms with Crippen molar-refractivity contribution in [1.29, 1.82) is 5.26 Å². The second-order valence-electron chi connectivity index (χ2n) is 7.92. The monoisotopic (exact) mass is 350 g/mol. The van der Waals surface area contributed by atoms with Crippen LogP contribution in [0.2, 0.25) is 0 Å². The molecule has 0 radical (unpaired) electrons. The number of piperidine rings is 1. The van der Waals surface area contributed by atoms with Crippen LogP contribution >= 0.6 is 0 Å². The maximum absolute atomic E-state index is 12.4. The van der Waals surface area contributed by atoms with Gasteiger partial charge in [0.05, 0.1) is 6.07 Å². The summed E-state index contributed by atoms with van der Waals surface area (Å²) in [7, 11) is 0. The molecule has 0 saturated carbocycles. The topological polar surface area (TPSA) is 99.2 Å². The van der Waals surface area contributed by atoms with Gasteiger partial charge in [0.25, 0.3) is 0 Å². The molecule has 1 fully saturated rings. The average molecular weight is 351 g/mol. The van der Waals surface area contributed by atoms with Gasteiger partial charge < -0.3 is 16.0 Å². The molecule has 0 aromatic heterocycles. The smallest absolute Gasteiger partial charge is 0.223 e. The van der Waals surface area contributed by atoms with Crippen LogP contribution in [0.5, 0.6) is 0 Å². The maximum Gasteiger partial charge on any atom is 0.223 e. The van der Waals surface area contributed by atoms with Crippen molar-refractivity contribution in [3.63, 3.8) is 0 Å². The summed E-state index contributed by atoms with van der Waals surface area (Å²) in [6.07, 6.45) is 5.10. The lowest BCUT2D eigenvalue weighted by Crippen LogP contribution is -2.58. The van der Waals surface area contributed by atoms with Gasteiger partial charge in [-0.1, -0.05) is 34.1 Å². The Kier molecular flexibility index (Phi) is 7.88. The van der Waals surface area contributed by atoms with Gasteiger partial charge in [0.1, 0.15) is 5.54 Å². The first-order valence-corrected chi connectivity index (χ1v) is 9.46. The van der Waals surface area contributed by atoms with Gasteiger partial charge in [-0.15, -0.1) is 0 Å². The van der Waals surface area contributed by atoms with Crippen LogP contribution in [0, 0.1) is 16.7 Å². The van der Waals surface area contributed by atoms with Crippen molar-refractivity contribution in [3.8, 4) is 6.07 Å². The Morgan fingerprint density at radius 3 is 2.56 bits per heavy atom. The third-order valence-corrected chi connectivity index (χ3v) is 5.30. The van der Waals surface area contributed by atoms with E-state index in [-0.39, 0.29) is 12.3 Å². The first-order valence-electron chi connectivity index (χ1n) is 9.46. The minimum absolute atomic E-state index is 0.171. The van der Waals surface area contributed by atoms with E-state index < -0.39 is 16.9 Å². The Labute approximate surface area is 152 Å². The summed E-state index contributed by atoms with van der Waals surface area (Å²) in [5, 5.41) is 12.7. The molecule has 25 heavy (non-hydrogen) atoms. The molecule has 2 atom stereocenters. The molecule has 2 amide bonds. The molecule has 0 bridgehead atoms. The van der Waals surface area contributed by atoms with Crippen molar-refractivity contribution in [2.45, 2.75) is 84.2 Å². The number of nitriles is 1. The van der Waals surface area contributed by atoms with E-state index in [4.69, 9.17) is 5.73 Å². The Morgan fingerprint density at radius 2 is 2.04 bits per heavy atom. The van der Waals surface area contributed by atoms with Crippen molar-refractivity contribution in [3.05, 3.63) is 0 Å². The first kappa shape index (κ1) is 21.4. The van der Waals surface area contributed by atoms with E-state index in [1.165, 1.54) is 0 Å². The SMILES string of the molecule is CCCC1CC(C#N)(NC(=O)CCC(C)(C)C(N)=O)CCN1CCC. The Hall–Kier alpha value is -1.61. The van der Waals surface area contributed by atoms with E-state index in [1.807, 2.05) is 0 Å². The molecule has 0 aromatic carbocycles. The zero-order valence-electron chi connectivity index (χ0n) is 16.2. The molecule has 2 unspecified atom stereocenters. The predicted octanol–water partition coefficient (Wildman–Crippen LogP) is 2.33. The lowest BCUT2D eigenvalue weighted by molar-refractivity contribution is -0.127. The lowest BCUT2D eigenvalue weighted by atomic mass is 9.82. The summed E-state index contributed by atoms with van der Waals surface area (Å²) in [6.45, 7) is 9.66. The van der Waals surface area contributed by atoms with E-state index >= 15 is 0 Å². The highest BCUT2D eigenvalue weighted by atomic mass is 16.2. The van der Waals surface area contributed by atoms with Crippen LogP contribution in [-0.4, -0.2) is 41.4 Å². The molecule has 1 aliphatic heterocycles. The van der Waals surface area contributed by atoms with Gasteiger partial charge in [-0.2, -0.15) is 5.26 Å². The summed E-state index contributed by atoms with van der Waals surface area (Å²) in [5.41, 5.74) is 3.85. The molecule has 6 nitrogen and oxygen atoms in total. The molecule has 1 rings (SSSR count). The number of nitrogens with two attached hydrogens (primary N) is 1. The van der Waals surface area contributed by atoms with Gasteiger partial charge in [0.15, 0.2) is 0 Å². The van der Waals surface area contributed by atoms with Crippen molar-refractivity contribution >= 4 is 11.8 Å². The second kappa shape index (κ2) is 9.19. The minimum Gasteiger partial charge on any atom is -0.369 e. The quantitative estimate of drug-likeness (QED) is 0.666. The largest absolute Gasteiger partial charge is 0.369 e. The van der Waals surface area contributed by atoms with Gasteiger partial charge in [0.2, 0.25) is 11.8 Å². The lowest BCUT2D eigenvalue weighted by Gasteiger charge is -2.43. The molecule has 1 aliphatic rings. The number of carbonyl (C=O) groups is 2. The van der Waals surface area contributed by atoms with Crippen molar-refractivity contribution in [2.75, 3.05) is 13.1 Å². The molecule has 6 heteroatoms. The number of hydrogen-bond acceptors (Lipinski definition) is 4. The molecule has 3 N–H and O–H groups in total. The van der Waals surface area contributed by atoms with E-state index in [2.05, 4.69) is 30.1 Å². The van der Waals surface area contributed by atoms with E-state index in [1.54, 1.807) is 13.8 Å². The summed E-state index contributed by atoms with van der Waals surface area (Å²) >= 11 is 0. The molecule has 1 saturated heterocycles. The van der Waals surface area contributed by atoms with Gasteiger partial charge >= 0.3 is 0 Å². The Morgan fingerprint density at radius 1 is 1.36 bits per heavy atom. The van der Waals surface area contributed by atoms with E-state index in [0.29, 0.717) is 25.3 Å².